The Balaban J connectivity index is 1.97. The van der Waals surface area contributed by atoms with Crippen molar-refractivity contribution in [3.05, 3.63) is 22.2 Å². The molecule has 0 spiro atoms. The van der Waals surface area contributed by atoms with Crippen LogP contribution >= 0.6 is 0 Å². The molecule has 1 aliphatic rings. The van der Waals surface area contributed by atoms with Gasteiger partial charge in [-0.2, -0.15) is 0 Å². The van der Waals surface area contributed by atoms with Gasteiger partial charge in [0, 0.05) is 12.6 Å². The van der Waals surface area contributed by atoms with Crippen LogP contribution in [-0.2, 0) is 0 Å². The van der Waals surface area contributed by atoms with Crippen LogP contribution in [-0.4, -0.2) is 16.5 Å². The van der Waals surface area contributed by atoms with E-state index >= 15 is 0 Å². The summed E-state index contributed by atoms with van der Waals surface area (Å²) in [7, 11) is 0. The van der Waals surface area contributed by atoms with Gasteiger partial charge in [-0.05, 0) is 18.4 Å². The molecule has 0 saturated heterocycles. The van der Waals surface area contributed by atoms with Crippen molar-refractivity contribution >= 4 is 17.3 Å². The van der Waals surface area contributed by atoms with E-state index in [4.69, 9.17) is 5.73 Å². The summed E-state index contributed by atoms with van der Waals surface area (Å²) in [4.78, 5) is 14.3. The molecular weight excluding hydrogens is 220 g/mol. The summed E-state index contributed by atoms with van der Waals surface area (Å²) in [6.07, 6.45) is 4.89. The summed E-state index contributed by atoms with van der Waals surface area (Å²) in [5.74, 6) is 1.33. The van der Waals surface area contributed by atoms with Crippen LogP contribution in [0.15, 0.2) is 12.1 Å². The van der Waals surface area contributed by atoms with Crippen molar-refractivity contribution in [2.24, 2.45) is 5.92 Å². The van der Waals surface area contributed by atoms with Gasteiger partial charge in [-0.1, -0.05) is 19.3 Å². The summed E-state index contributed by atoms with van der Waals surface area (Å²) in [5, 5.41) is 13.8. The van der Waals surface area contributed by atoms with E-state index in [1.807, 2.05) is 0 Å². The molecule has 6 nitrogen and oxygen atoms in total. The topological polar surface area (TPSA) is 94.1 Å². The third kappa shape index (κ3) is 2.83. The lowest BCUT2D eigenvalue weighted by Gasteiger charge is -2.25. The van der Waals surface area contributed by atoms with E-state index in [0.717, 1.165) is 12.3 Å². The van der Waals surface area contributed by atoms with Crippen LogP contribution in [0.1, 0.15) is 25.7 Å². The van der Waals surface area contributed by atoms with Crippen LogP contribution in [0, 0.1) is 16.0 Å². The van der Waals surface area contributed by atoms with E-state index in [1.165, 1.54) is 31.4 Å². The molecule has 0 radical (unpaired) electrons. The second-order valence-electron chi connectivity index (χ2n) is 4.37. The Morgan fingerprint density at radius 2 is 2.29 bits per heavy atom. The first-order valence-electron chi connectivity index (χ1n) is 5.81. The summed E-state index contributed by atoms with van der Waals surface area (Å²) in [6.45, 7) is 0.710. The van der Waals surface area contributed by atoms with E-state index in [9.17, 15) is 10.1 Å². The Labute approximate surface area is 99.4 Å². The number of hydrogen-bond donors (Lipinski definition) is 2. The molecular formula is C11H16N4O2. The minimum Gasteiger partial charge on any atom is -0.384 e. The maximum atomic E-state index is 10.8. The van der Waals surface area contributed by atoms with E-state index in [-0.39, 0.29) is 11.5 Å². The number of pyridine rings is 1. The second-order valence-corrected chi connectivity index (χ2v) is 4.37. The van der Waals surface area contributed by atoms with Gasteiger partial charge in [0.05, 0.1) is 4.92 Å². The standard InChI is InChI=1S/C11H16N4O2/c12-10-5-4-9(15(16)17)11(14-10)13-7-6-8-2-1-3-8/h4-5,8H,1-3,6-7H2,(H3,12,13,14). The molecule has 17 heavy (non-hydrogen) atoms. The van der Waals surface area contributed by atoms with Crippen molar-refractivity contribution in [3.8, 4) is 0 Å². The Morgan fingerprint density at radius 3 is 2.88 bits per heavy atom. The predicted octanol–water partition coefficient (Wildman–Crippen LogP) is 2.17. The summed E-state index contributed by atoms with van der Waals surface area (Å²) >= 11 is 0. The number of anilines is 2. The van der Waals surface area contributed by atoms with E-state index in [2.05, 4.69) is 10.3 Å². The van der Waals surface area contributed by atoms with Gasteiger partial charge >= 0.3 is 5.69 Å². The van der Waals surface area contributed by atoms with E-state index < -0.39 is 4.92 Å². The van der Waals surface area contributed by atoms with Crippen LogP contribution < -0.4 is 11.1 Å². The number of nitro groups is 1. The molecule has 0 bridgehead atoms. The van der Waals surface area contributed by atoms with Gasteiger partial charge in [0.1, 0.15) is 5.82 Å². The van der Waals surface area contributed by atoms with Gasteiger partial charge in [0.25, 0.3) is 0 Å². The summed E-state index contributed by atoms with van der Waals surface area (Å²) in [5.41, 5.74) is 5.50. The first-order valence-corrected chi connectivity index (χ1v) is 5.81. The van der Waals surface area contributed by atoms with Gasteiger partial charge in [-0.15, -0.1) is 0 Å². The van der Waals surface area contributed by atoms with Crippen LogP contribution in [0.25, 0.3) is 0 Å². The number of nitrogens with one attached hydrogen (secondary N) is 1. The third-order valence-corrected chi connectivity index (χ3v) is 3.16. The van der Waals surface area contributed by atoms with Gasteiger partial charge in [0.15, 0.2) is 0 Å². The fourth-order valence-electron chi connectivity index (χ4n) is 1.92. The molecule has 0 aromatic carbocycles. The van der Waals surface area contributed by atoms with Crippen LogP contribution in [0.2, 0.25) is 0 Å². The molecule has 1 aromatic rings. The molecule has 3 N–H and O–H groups in total. The lowest BCUT2D eigenvalue weighted by atomic mass is 9.83. The monoisotopic (exact) mass is 236 g/mol. The largest absolute Gasteiger partial charge is 0.384 e. The lowest BCUT2D eigenvalue weighted by molar-refractivity contribution is -0.384. The molecule has 1 fully saturated rings. The lowest BCUT2D eigenvalue weighted by Crippen LogP contribution is -2.16. The zero-order valence-electron chi connectivity index (χ0n) is 9.56. The molecule has 1 saturated carbocycles. The normalized spacial score (nSPS) is 15.3. The van der Waals surface area contributed by atoms with Gasteiger partial charge in [-0.3, -0.25) is 10.1 Å². The highest BCUT2D eigenvalue weighted by molar-refractivity contribution is 5.59. The Morgan fingerprint density at radius 1 is 1.53 bits per heavy atom. The third-order valence-electron chi connectivity index (χ3n) is 3.16. The minimum atomic E-state index is -0.446. The maximum Gasteiger partial charge on any atom is 0.311 e. The predicted molar refractivity (Wildman–Crippen MR) is 65.8 cm³/mol. The number of nitrogens with two attached hydrogens (primary N) is 1. The molecule has 92 valence electrons. The first kappa shape index (κ1) is 11.6. The molecule has 2 rings (SSSR count). The maximum absolute atomic E-state index is 10.8. The summed E-state index contributed by atoms with van der Waals surface area (Å²) in [6, 6.07) is 2.82. The Hall–Kier alpha value is -1.85. The van der Waals surface area contributed by atoms with Crippen molar-refractivity contribution in [1.29, 1.82) is 0 Å². The number of aromatic nitrogens is 1. The number of nitrogen functional groups attached to an aromatic ring is 1. The summed E-state index contributed by atoms with van der Waals surface area (Å²) < 4.78 is 0. The van der Waals surface area contributed by atoms with Crippen molar-refractivity contribution in [2.45, 2.75) is 25.7 Å². The second kappa shape index (κ2) is 4.99. The highest BCUT2D eigenvalue weighted by atomic mass is 16.6. The Bertz CT molecular complexity index is 418. The molecule has 6 heteroatoms. The van der Waals surface area contributed by atoms with Crippen molar-refractivity contribution in [3.63, 3.8) is 0 Å². The van der Waals surface area contributed by atoms with Crippen LogP contribution in [0.3, 0.4) is 0 Å². The van der Waals surface area contributed by atoms with Crippen molar-refractivity contribution in [2.75, 3.05) is 17.6 Å². The molecule has 1 heterocycles. The van der Waals surface area contributed by atoms with Gasteiger partial charge < -0.3 is 11.1 Å². The molecule has 0 amide bonds. The Kier molecular flexibility index (Phi) is 3.41. The quantitative estimate of drug-likeness (QED) is 0.603. The molecule has 0 unspecified atom stereocenters. The number of nitrogens with zero attached hydrogens (tertiary/aromatic N) is 2. The average molecular weight is 236 g/mol. The fraction of sp³-hybridized carbons (Fsp3) is 0.545. The molecule has 0 aliphatic heterocycles. The highest BCUT2D eigenvalue weighted by Crippen LogP contribution is 2.29. The smallest absolute Gasteiger partial charge is 0.311 e. The minimum absolute atomic E-state index is 0.0205. The van der Waals surface area contributed by atoms with Crippen LogP contribution in [0.4, 0.5) is 17.3 Å². The SMILES string of the molecule is Nc1ccc([N+](=O)[O-])c(NCCC2CCC2)n1. The zero-order chi connectivity index (χ0) is 12.3. The number of rotatable bonds is 5. The van der Waals surface area contributed by atoms with Gasteiger partial charge in [0.2, 0.25) is 5.82 Å². The first-order chi connectivity index (χ1) is 8.16. The van der Waals surface area contributed by atoms with E-state index in [0.29, 0.717) is 12.4 Å². The zero-order valence-corrected chi connectivity index (χ0v) is 9.56. The van der Waals surface area contributed by atoms with Crippen LogP contribution in [0.5, 0.6) is 0 Å². The highest BCUT2D eigenvalue weighted by Gasteiger charge is 2.18. The van der Waals surface area contributed by atoms with Crippen molar-refractivity contribution in [1.82, 2.24) is 4.98 Å². The molecule has 0 atom stereocenters. The average Bonchev–Trinajstić information content (AvgIpc) is 2.21. The van der Waals surface area contributed by atoms with E-state index in [1.54, 1.807) is 0 Å². The fourth-order valence-corrected chi connectivity index (χ4v) is 1.92. The van der Waals surface area contributed by atoms with Crippen molar-refractivity contribution < 1.29 is 4.92 Å². The van der Waals surface area contributed by atoms with Gasteiger partial charge in [-0.25, -0.2) is 4.98 Å². The number of hydrogen-bond acceptors (Lipinski definition) is 5. The molecule has 1 aromatic heterocycles. The molecule has 1 aliphatic carbocycles.